The minimum atomic E-state index is -0.224. The molecule has 1 N–H and O–H groups in total. The van der Waals surface area contributed by atoms with Gasteiger partial charge >= 0.3 is 5.97 Å². The van der Waals surface area contributed by atoms with Crippen molar-refractivity contribution in [1.29, 1.82) is 0 Å². The van der Waals surface area contributed by atoms with Gasteiger partial charge in [-0.05, 0) is 25.0 Å². The Bertz CT molecular complexity index is 412. The lowest BCUT2D eigenvalue weighted by Crippen LogP contribution is -2.03. The van der Waals surface area contributed by atoms with Gasteiger partial charge in [0.1, 0.15) is 5.75 Å². The number of unbranched alkanes of at least 4 members (excludes halogenated alkanes) is 1. The molecule has 0 aliphatic carbocycles. The van der Waals surface area contributed by atoms with E-state index in [4.69, 9.17) is 33.0 Å². The fourth-order valence-electron chi connectivity index (χ4n) is 1.48. The second kappa shape index (κ2) is 8.25. The van der Waals surface area contributed by atoms with Crippen LogP contribution >= 0.6 is 23.2 Å². The lowest BCUT2D eigenvalue weighted by Gasteiger charge is -2.09. The first-order chi connectivity index (χ1) is 9.08. The first kappa shape index (κ1) is 16.1. The minimum Gasteiger partial charge on any atom is -0.493 e. The maximum Gasteiger partial charge on any atom is 0.305 e. The molecule has 4 nitrogen and oxygen atoms in total. The summed E-state index contributed by atoms with van der Waals surface area (Å²) in [5.41, 5.74) is 0.487. The SMILES string of the molecule is COC(=O)CCCCOc1cc(Cl)c(CO)c(Cl)c1. The molecule has 19 heavy (non-hydrogen) atoms. The van der Waals surface area contributed by atoms with Crippen molar-refractivity contribution in [2.24, 2.45) is 0 Å². The number of rotatable bonds is 7. The molecule has 0 bridgehead atoms. The number of ether oxygens (including phenoxy) is 2. The smallest absolute Gasteiger partial charge is 0.305 e. The van der Waals surface area contributed by atoms with Crippen LogP contribution in [0.2, 0.25) is 10.0 Å². The number of hydrogen-bond acceptors (Lipinski definition) is 4. The third-order valence-electron chi connectivity index (χ3n) is 2.54. The van der Waals surface area contributed by atoms with Gasteiger partial charge in [-0.1, -0.05) is 23.2 Å². The Morgan fingerprint density at radius 3 is 2.42 bits per heavy atom. The summed E-state index contributed by atoms with van der Waals surface area (Å²) in [6, 6.07) is 3.22. The molecule has 0 unspecified atom stereocenters. The first-order valence-electron chi connectivity index (χ1n) is 5.87. The van der Waals surface area contributed by atoms with Gasteiger partial charge in [0.15, 0.2) is 0 Å². The van der Waals surface area contributed by atoms with Crippen molar-refractivity contribution in [2.45, 2.75) is 25.9 Å². The summed E-state index contributed by atoms with van der Waals surface area (Å²) in [5, 5.41) is 9.81. The Kier molecular flexibility index (Phi) is 6.99. The molecule has 0 saturated heterocycles. The molecule has 0 heterocycles. The highest BCUT2D eigenvalue weighted by Gasteiger charge is 2.08. The molecule has 1 aromatic rings. The zero-order chi connectivity index (χ0) is 14.3. The number of carbonyl (C=O) groups is 1. The van der Waals surface area contributed by atoms with Gasteiger partial charge in [-0.25, -0.2) is 0 Å². The summed E-state index contributed by atoms with van der Waals surface area (Å²) in [7, 11) is 1.37. The van der Waals surface area contributed by atoms with E-state index in [1.807, 2.05) is 0 Å². The lowest BCUT2D eigenvalue weighted by molar-refractivity contribution is -0.140. The molecule has 0 amide bonds. The Morgan fingerprint density at radius 1 is 1.26 bits per heavy atom. The van der Waals surface area contributed by atoms with E-state index in [0.29, 0.717) is 40.8 Å². The summed E-state index contributed by atoms with van der Waals surface area (Å²) >= 11 is 11.9. The van der Waals surface area contributed by atoms with Crippen LogP contribution in [0.5, 0.6) is 5.75 Å². The van der Waals surface area contributed by atoms with Gasteiger partial charge in [-0.3, -0.25) is 4.79 Å². The van der Waals surface area contributed by atoms with Crippen molar-refractivity contribution >= 4 is 29.2 Å². The van der Waals surface area contributed by atoms with Crippen LogP contribution in [0, 0.1) is 0 Å². The molecule has 0 spiro atoms. The number of methoxy groups -OCH3 is 1. The van der Waals surface area contributed by atoms with Gasteiger partial charge in [0.05, 0.1) is 30.4 Å². The van der Waals surface area contributed by atoms with Crippen LogP contribution < -0.4 is 4.74 Å². The molecular weight excluding hydrogens is 291 g/mol. The number of carbonyl (C=O) groups excluding carboxylic acids is 1. The maximum atomic E-state index is 10.9. The van der Waals surface area contributed by atoms with Crippen LogP contribution in [0.15, 0.2) is 12.1 Å². The van der Waals surface area contributed by atoms with Crippen LogP contribution in [0.1, 0.15) is 24.8 Å². The van der Waals surface area contributed by atoms with E-state index in [9.17, 15) is 4.79 Å². The summed E-state index contributed by atoms with van der Waals surface area (Å²) in [6.07, 6.45) is 1.81. The molecule has 106 valence electrons. The highest BCUT2D eigenvalue weighted by atomic mass is 35.5. The van der Waals surface area contributed by atoms with Crippen molar-refractivity contribution in [3.63, 3.8) is 0 Å². The molecule has 1 rings (SSSR count). The summed E-state index contributed by atoms with van der Waals surface area (Å²) in [6.45, 7) is 0.249. The van der Waals surface area contributed by atoms with Gasteiger partial charge in [0, 0.05) is 12.0 Å². The van der Waals surface area contributed by atoms with E-state index in [-0.39, 0.29) is 12.6 Å². The second-order valence-electron chi connectivity index (χ2n) is 3.91. The molecule has 0 aliphatic rings. The van der Waals surface area contributed by atoms with Crippen LogP contribution in [0.25, 0.3) is 0 Å². The quantitative estimate of drug-likeness (QED) is 0.621. The normalized spacial score (nSPS) is 10.3. The Morgan fingerprint density at radius 2 is 1.89 bits per heavy atom. The Labute approximate surface area is 122 Å². The summed E-state index contributed by atoms with van der Waals surface area (Å²) in [4.78, 5) is 10.9. The summed E-state index contributed by atoms with van der Waals surface area (Å²) < 4.78 is 10.0. The average molecular weight is 307 g/mol. The number of aliphatic hydroxyl groups is 1. The highest BCUT2D eigenvalue weighted by Crippen LogP contribution is 2.30. The van der Waals surface area contributed by atoms with E-state index in [1.165, 1.54) is 7.11 Å². The highest BCUT2D eigenvalue weighted by molar-refractivity contribution is 6.36. The summed E-state index contributed by atoms with van der Waals surface area (Å²) in [5.74, 6) is 0.323. The third kappa shape index (κ3) is 5.27. The van der Waals surface area contributed by atoms with E-state index < -0.39 is 0 Å². The Hall–Kier alpha value is -0.970. The minimum absolute atomic E-state index is 0.211. The first-order valence-corrected chi connectivity index (χ1v) is 6.62. The second-order valence-corrected chi connectivity index (χ2v) is 4.72. The average Bonchev–Trinajstić information content (AvgIpc) is 2.37. The van der Waals surface area contributed by atoms with Crippen molar-refractivity contribution in [1.82, 2.24) is 0 Å². The van der Waals surface area contributed by atoms with Crippen molar-refractivity contribution in [3.8, 4) is 5.75 Å². The molecule has 0 fully saturated rings. The third-order valence-corrected chi connectivity index (χ3v) is 3.22. The zero-order valence-electron chi connectivity index (χ0n) is 10.6. The van der Waals surface area contributed by atoms with Crippen molar-refractivity contribution < 1.29 is 19.4 Å². The fraction of sp³-hybridized carbons (Fsp3) is 0.462. The van der Waals surface area contributed by atoms with Gasteiger partial charge in [-0.2, -0.15) is 0 Å². The van der Waals surface area contributed by atoms with Crippen LogP contribution in [-0.2, 0) is 16.1 Å². The van der Waals surface area contributed by atoms with Gasteiger partial charge in [0.25, 0.3) is 0 Å². The molecule has 0 saturated carbocycles. The number of benzene rings is 1. The number of aliphatic hydroxyl groups excluding tert-OH is 1. The fourth-order valence-corrected chi connectivity index (χ4v) is 2.06. The monoisotopic (exact) mass is 306 g/mol. The molecule has 0 aromatic heterocycles. The van der Waals surface area contributed by atoms with Crippen LogP contribution in [0.3, 0.4) is 0 Å². The predicted octanol–water partition coefficient (Wildman–Crippen LogP) is 3.21. The van der Waals surface area contributed by atoms with Crippen LogP contribution in [0.4, 0.5) is 0 Å². The number of halogens is 2. The van der Waals surface area contributed by atoms with Gasteiger partial charge in [0.2, 0.25) is 0 Å². The standard InChI is InChI=1S/C13H16Cl2O4/c1-18-13(17)4-2-3-5-19-9-6-11(14)10(8-16)12(15)7-9/h6-7,16H,2-5,8H2,1H3. The molecule has 6 heteroatoms. The molecule has 0 atom stereocenters. The molecule has 1 aromatic carbocycles. The van der Waals surface area contributed by atoms with Gasteiger partial charge < -0.3 is 14.6 Å². The topological polar surface area (TPSA) is 55.8 Å². The van der Waals surface area contributed by atoms with Crippen LogP contribution in [-0.4, -0.2) is 24.8 Å². The van der Waals surface area contributed by atoms with E-state index >= 15 is 0 Å². The maximum absolute atomic E-state index is 10.9. The molecule has 0 radical (unpaired) electrons. The largest absolute Gasteiger partial charge is 0.493 e. The Balaban J connectivity index is 2.40. The van der Waals surface area contributed by atoms with E-state index in [2.05, 4.69) is 4.74 Å². The molecular formula is C13H16Cl2O4. The molecule has 0 aliphatic heterocycles. The number of esters is 1. The zero-order valence-corrected chi connectivity index (χ0v) is 12.1. The van der Waals surface area contributed by atoms with Crippen molar-refractivity contribution in [3.05, 3.63) is 27.7 Å². The van der Waals surface area contributed by atoms with E-state index in [1.54, 1.807) is 12.1 Å². The number of hydrogen-bond donors (Lipinski definition) is 1. The lowest BCUT2D eigenvalue weighted by atomic mass is 10.2. The van der Waals surface area contributed by atoms with Gasteiger partial charge in [-0.15, -0.1) is 0 Å². The van der Waals surface area contributed by atoms with Crippen molar-refractivity contribution in [2.75, 3.05) is 13.7 Å². The van der Waals surface area contributed by atoms with E-state index in [0.717, 1.165) is 6.42 Å². The predicted molar refractivity (Wildman–Crippen MR) is 73.7 cm³/mol.